The smallest absolute Gasteiger partial charge is 0.333 e. The quantitative estimate of drug-likeness (QED) is 0.661. The Balaban J connectivity index is 1.64. The molecular weight excluding hydrogens is 214 g/mol. The van der Waals surface area contributed by atoms with Crippen molar-refractivity contribution in [2.75, 3.05) is 0 Å². The van der Waals surface area contributed by atoms with Crippen molar-refractivity contribution in [3.05, 3.63) is 11.8 Å². The number of nitrogens with one attached hydrogen (secondary N) is 3. The molecule has 2 rings (SSSR count). The lowest BCUT2D eigenvalue weighted by molar-refractivity contribution is 0.229. The minimum absolute atomic E-state index is 0.0941. The van der Waals surface area contributed by atoms with Gasteiger partial charge in [-0.05, 0) is 38.5 Å². The van der Waals surface area contributed by atoms with Crippen LogP contribution in [-0.4, -0.2) is 12.1 Å². The predicted molar refractivity (Wildman–Crippen MR) is 68.2 cm³/mol. The van der Waals surface area contributed by atoms with E-state index in [9.17, 15) is 4.79 Å². The molecule has 0 radical (unpaired) electrons. The fourth-order valence-electron chi connectivity index (χ4n) is 2.56. The minimum atomic E-state index is -0.0941. The van der Waals surface area contributed by atoms with Gasteiger partial charge in [-0.2, -0.15) is 0 Å². The van der Waals surface area contributed by atoms with Crippen molar-refractivity contribution >= 4 is 6.03 Å². The fraction of sp³-hybridized carbons (Fsp3) is 0.769. The molecule has 0 aromatic heterocycles. The highest BCUT2D eigenvalue weighted by Crippen LogP contribution is 2.17. The van der Waals surface area contributed by atoms with Crippen LogP contribution in [0, 0.1) is 0 Å². The van der Waals surface area contributed by atoms with Crippen LogP contribution < -0.4 is 16.2 Å². The normalized spacial score (nSPS) is 21.5. The molecule has 3 N–H and O–H groups in total. The predicted octanol–water partition coefficient (Wildman–Crippen LogP) is 2.58. The number of hydrogen-bond donors (Lipinski definition) is 3. The molecule has 0 atom stereocenters. The average molecular weight is 237 g/mol. The van der Waals surface area contributed by atoms with Gasteiger partial charge in [0.15, 0.2) is 0 Å². The first-order valence-corrected chi connectivity index (χ1v) is 6.86. The van der Waals surface area contributed by atoms with Crippen molar-refractivity contribution in [1.82, 2.24) is 16.2 Å². The molecule has 0 unspecified atom stereocenters. The summed E-state index contributed by atoms with van der Waals surface area (Å²) in [6, 6.07) is 0.272. The van der Waals surface area contributed by atoms with E-state index < -0.39 is 0 Å². The van der Waals surface area contributed by atoms with Crippen molar-refractivity contribution < 1.29 is 4.79 Å². The summed E-state index contributed by atoms with van der Waals surface area (Å²) in [7, 11) is 0. The molecule has 0 bridgehead atoms. The van der Waals surface area contributed by atoms with E-state index >= 15 is 0 Å². The number of hydrogen-bond acceptors (Lipinski definition) is 2. The molecule has 17 heavy (non-hydrogen) atoms. The fourth-order valence-corrected chi connectivity index (χ4v) is 2.56. The number of rotatable bonds is 3. The summed E-state index contributed by atoms with van der Waals surface area (Å²) < 4.78 is 0. The largest absolute Gasteiger partial charge is 0.334 e. The Labute approximate surface area is 103 Å². The second-order valence-electron chi connectivity index (χ2n) is 5.03. The molecule has 96 valence electrons. The molecule has 0 spiro atoms. The Hall–Kier alpha value is -1.19. The molecular formula is C13H23N3O. The van der Waals surface area contributed by atoms with Crippen LogP contribution in [0.25, 0.3) is 0 Å². The molecule has 0 heterocycles. The minimum Gasteiger partial charge on any atom is -0.334 e. The Bertz CT molecular complexity index is 282. The third-order valence-electron chi connectivity index (χ3n) is 3.57. The number of carbonyl (C=O) groups is 1. The van der Waals surface area contributed by atoms with Crippen molar-refractivity contribution in [2.45, 2.75) is 63.8 Å². The van der Waals surface area contributed by atoms with E-state index in [1.165, 1.54) is 32.1 Å². The van der Waals surface area contributed by atoms with Gasteiger partial charge < -0.3 is 10.7 Å². The molecule has 0 aromatic carbocycles. The monoisotopic (exact) mass is 237 g/mol. The zero-order chi connectivity index (χ0) is 11.9. The van der Waals surface area contributed by atoms with Crippen LogP contribution in [-0.2, 0) is 0 Å². The van der Waals surface area contributed by atoms with Crippen LogP contribution in [0.1, 0.15) is 57.8 Å². The van der Waals surface area contributed by atoms with Gasteiger partial charge in [0.05, 0.1) is 0 Å². The summed E-state index contributed by atoms with van der Waals surface area (Å²) in [6.07, 6.45) is 12.8. The summed E-state index contributed by atoms with van der Waals surface area (Å²) in [4.78, 5) is 11.6. The lowest BCUT2D eigenvalue weighted by Gasteiger charge is -2.23. The maximum atomic E-state index is 11.6. The van der Waals surface area contributed by atoms with E-state index in [2.05, 4.69) is 22.2 Å². The molecule has 0 aromatic rings. The third-order valence-corrected chi connectivity index (χ3v) is 3.57. The van der Waals surface area contributed by atoms with Crippen molar-refractivity contribution in [3.63, 3.8) is 0 Å². The number of carbonyl (C=O) groups excluding carboxylic acids is 1. The Kier molecular flexibility index (Phi) is 4.71. The van der Waals surface area contributed by atoms with Gasteiger partial charge in [0, 0.05) is 11.7 Å². The van der Waals surface area contributed by atoms with Crippen LogP contribution in [0.3, 0.4) is 0 Å². The van der Waals surface area contributed by atoms with Gasteiger partial charge in [0.25, 0.3) is 0 Å². The lowest BCUT2D eigenvalue weighted by atomic mass is 9.96. The van der Waals surface area contributed by atoms with Crippen LogP contribution in [0.2, 0.25) is 0 Å². The summed E-state index contributed by atoms with van der Waals surface area (Å²) in [5.41, 5.74) is 6.89. The highest BCUT2D eigenvalue weighted by molar-refractivity contribution is 5.73. The molecule has 2 aliphatic rings. The number of amides is 2. The van der Waals surface area contributed by atoms with E-state index in [4.69, 9.17) is 0 Å². The first-order valence-electron chi connectivity index (χ1n) is 6.86. The first kappa shape index (κ1) is 12.3. The van der Waals surface area contributed by atoms with Gasteiger partial charge >= 0.3 is 6.03 Å². The van der Waals surface area contributed by atoms with Crippen LogP contribution >= 0.6 is 0 Å². The summed E-state index contributed by atoms with van der Waals surface area (Å²) in [5, 5.41) is 3.02. The maximum Gasteiger partial charge on any atom is 0.333 e. The van der Waals surface area contributed by atoms with E-state index in [1.54, 1.807) is 0 Å². The Morgan fingerprint density at radius 2 is 1.94 bits per heavy atom. The molecule has 1 saturated carbocycles. The standard InChI is InChI=1S/C13H23N3O/c17-13(14-11-7-3-1-4-8-11)16-15-12-9-5-2-6-10-12/h9,11,15H,1-8,10H2,(H2,14,16,17). The topological polar surface area (TPSA) is 53.2 Å². The molecule has 2 amide bonds. The molecule has 0 saturated heterocycles. The van der Waals surface area contributed by atoms with Gasteiger partial charge in [-0.15, -0.1) is 0 Å². The second kappa shape index (κ2) is 6.52. The van der Waals surface area contributed by atoms with Gasteiger partial charge in [-0.25, -0.2) is 4.79 Å². The summed E-state index contributed by atoms with van der Waals surface area (Å²) in [5.74, 6) is 0. The van der Waals surface area contributed by atoms with Crippen molar-refractivity contribution in [3.8, 4) is 0 Å². The van der Waals surface area contributed by atoms with Crippen LogP contribution in [0.15, 0.2) is 11.8 Å². The highest BCUT2D eigenvalue weighted by atomic mass is 16.2. The third kappa shape index (κ3) is 4.29. The maximum absolute atomic E-state index is 11.6. The molecule has 1 fully saturated rings. The zero-order valence-corrected chi connectivity index (χ0v) is 10.4. The van der Waals surface area contributed by atoms with Crippen molar-refractivity contribution in [2.24, 2.45) is 0 Å². The van der Waals surface area contributed by atoms with Gasteiger partial charge in [0.2, 0.25) is 0 Å². The first-order chi connectivity index (χ1) is 8.34. The van der Waals surface area contributed by atoms with E-state index in [0.717, 1.165) is 31.4 Å². The number of allylic oxidation sites excluding steroid dienone is 2. The lowest BCUT2D eigenvalue weighted by Crippen LogP contribution is -2.48. The second-order valence-corrected chi connectivity index (χ2v) is 5.03. The number of hydrazine groups is 1. The number of urea groups is 1. The zero-order valence-electron chi connectivity index (χ0n) is 10.4. The van der Waals surface area contributed by atoms with Gasteiger partial charge in [-0.3, -0.25) is 5.43 Å². The molecule has 2 aliphatic carbocycles. The molecule has 4 nitrogen and oxygen atoms in total. The Morgan fingerprint density at radius 1 is 1.12 bits per heavy atom. The molecule has 0 aliphatic heterocycles. The molecule has 4 heteroatoms. The van der Waals surface area contributed by atoms with E-state index in [-0.39, 0.29) is 6.03 Å². The summed E-state index contributed by atoms with van der Waals surface area (Å²) in [6.45, 7) is 0. The van der Waals surface area contributed by atoms with Crippen LogP contribution in [0.4, 0.5) is 4.79 Å². The van der Waals surface area contributed by atoms with Crippen LogP contribution in [0.5, 0.6) is 0 Å². The average Bonchev–Trinajstić information content (AvgIpc) is 2.39. The van der Waals surface area contributed by atoms with E-state index in [1.807, 2.05) is 0 Å². The highest BCUT2D eigenvalue weighted by Gasteiger charge is 2.15. The van der Waals surface area contributed by atoms with E-state index in [0.29, 0.717) is 6.04 Å². The SMILES string of the molecule is O=C(NNC1=CCCCC1)NC1CCCCC1. The summed E-state index contributed by atoms with van der Waals surface area (Å²) >= 11 is 0. The van der Waals surface area contributed by atoms with Gasteiger partial charge in [0.1, 0.15) is 0 Å². The van der Waals surface area contributed by atoms with Crippen molar-refractivity contribution in [1.29, 1.82) is 0 Å². The Morgan fingerprint density at radius 3 is 2.65 bits per heavy atom. The van der Waals surface area contributed by atoms with Gasteiger partial charge in [-0.1, -0.05) is 25.3 Å².